The minimum absolute atomic E-state index is 0.337. The third-order valence-corrected chi connectivity index (χ3v) is 3.15. The number of nitrogens with two attached hydrogens (primary N) is 2. The molecule has 2 aromatic heterocycles. The van der Waals surface area contributed by atoms with Crippen molar-refractivity contribution in [1.82, 2.24) is 19.7 Å². The van der Waals surface area contributed by atoms with Crippen molar-refractivity contribution >= 4 is 23.3 Å². The van der Waals surface area contributed by atoms with Gasteiger partial charge in [0.25, 0.3) is 0 Å². The maximum atomic E-state index is 5.63. The molecule has 4 N–H and O–H groups in total. The van der Waals surface area contributed by atoms with Gasteiger partial charge in [-0.2, -0.15) is 0 Å². The van der Waals surface area contributed by atoms with Crippen molar-refractivity contribution < 1.29 is 0 Å². The van der Waals surface area contributed by atoms with Crippen LogP contribution >= 0.6 is 11.8 Å². The van der Waals surface area contributed by atoms with Gasteiger partial charge in [0.2, 0.25) is 0 Å². The fraction of sp³-hybridized carbons (Fsp3) is 0.222. The van der Waals surface area contributed by atoms with Crippen LogP contribution in [0.3, 0.4) is 0 Å². The summed E-state index contributed by atoms with van der Waals surface area (Å²) in [4.78, 5) is 4.15. The normalized spacial score (nSPS) is 10.6. The highest BCUT2D eigenvalue weighted by molar-refractivity contribution is 7.99. The first-order valence-corrected chi connectivity index (χ1v) is 5.45. The van der Waals surface area contributed by atoms with Crippen LogP contribution in [0.4, 0.5) is 11.5 Å². The minimum atomic E-state index is 0.337. The summed E-state index contributed by atoms with van der Waals surface area (Å²) in [6.07, 6.45) is 0. The van der Waals surface area contributed by atoms with Crippen LogP contribution in [0.15, 0.2) is 22.3 Å². The van der Waals surface area contributed by atoms with Crippen molar-refractivity contribution in [3.63, 3.8) is 0 Å². The van der Waals surface area contributed by atoms with Crippen LogP contribution in [0.5, 0.6) is 0 Å². The summed E-state index contributed by atoms with van der Waals surface area (Å²) >= 11 is 1.40. The average molecular weight is 236 g/mol. The number of hydrogen-bond acceptors (Lipinski definition) is 6. The van der Waals surface area contributed by atoms with E-state index in [-0.39, 0.29) is 0 Å². The van der Waals surface area contributed by atoms with Gasteiger partial charge in [-0.3, -0.25) is 0 Å². The molecule has 0 aliphatic heterocycles. The van der Waals surface area contributed by atoms with Crippen molar-refractivity contribution in [2.75, 3.05) is 11.5 Å². The number of pyridine rings is 1. The first-order chi connectivity index (χ1) is 7.58. The maximum Gasteiger partial charge on any atom is 0.197 e. The van der Waals surface area contributed by atoms with E-state index in [0.29, 0.717) is 11.5 Å². The van der Waals surface area contributed by atoms with E-state index in [1.165, 1.54) is 11.8 Å². The second-order valence-electron chi connectivity index (χ2n) is 3.31. The van der Waals surface area contributed by atoms with Gasteiger partial charge in [0.15, 0.2) is 5.16 Å². The smallest absolute Gasteiger partial charge is 0.197 e. The molecule has 0 radical (unpaired) electrons. The SMILES string of the molecule is Cc1nnc(Sc2ccc(N)c(N)n2)n1C. The number of anilines is 2. The Morgan fingerprint density at radius 2 is 2.00 bits per heavy atom. The predicted molar refractivity (Wildman–Crippen MR) is 62.9 cm³/mol. The highest BCUT2D eigenvalue weighted by Crippen LogP contribution is 2.26. The predicted octanol–water partition coefficient (Wildman–Crippen LogP) is 0.834. The number of rotatable bonds is 2. The third-order valence-electron chi connectivity index (χ3n) is 2.18. The number of hydrogen-bond donors (Lipinski definition) is 2. The van der Waals surface area contributed by atoms with Crippen LogP contribution in [-0.4, -0.2) is 19.7 Å². The molecule has 16 heavy (non-hydrogen) atoms. The van der Waals surface area contributed by atoms with Crippen LogP contribution < -0.4 is 11.5 Å². The van der Waals surface area contributed by atoms with Gasteiger partial charge in [-0.25, -0.2) is 4.98 Å². The Labute approximate surface area is 97.1 Å². The lowest BCUT2D eigenvalue weighted by Crippen LogP contribution is -1.99. The van der Waals surface area contributed by atoms with Crippen molar-refractivity contribution in [2.24, 2.45) is 7.05 Å². The van der Waals surface area contributed by atoms with E-state index in [1.54, 1.807) is 12.1 Å². The van der Waals surface area contributed by atoms with Crippen molar-refractivity contribution in [2.45, 2.75) is 17.1 Å². The van der Waals surface area contributed by atoms with Gasteiger partial charge in [-0.15, -0.1) is 10.2 Å². The number of nitrogen functional groups attached to an aromatic ring is 2. The van der Waals surface area contributed by atoms with Crippen LogP contribution in [0.2, 0.25) is 0 Å². The molecule has 0 atom stereocenters. The van der Waals surface area contributed by atoms with Gasteiger partial charge in [-0.1, -0.05) is 0 Å². The molecule has 2 aromatic rings. The Hall–Kier alpha value is -1.76. The van der Waals surface area contributed by atoms with E-state index < -0.39 is 0 Å². The molecule has 0 spiro atoms. The third kappa shape index (κ3) is 1.94. The Morgan fingerprint density at radius 1 is 1.25 bits per heavy atom. The standard InChI is InChI=1S/C9H12N6S/c1-5-13-14-9(15(5)2)16-7-4-3-6(10)8(11)12-7/h3-4H,10H2,1-2H3,(H2,11,12). The lowest BCUT2D eigenvalue weighted by atomic mass is 10.4. The molecule has 0 fully saturated rings. The second-order valence-corrected chi connectivity index (χ2v) is 4.30. The van der Waals surface area contributed by atoms with Crippen molar-refractivity contribution in [3.8, 4) is 0 Å². The highest BCUT2D eigenvalue weighted by atomic mass is 32.2. The van der Waals surface area contributed by atoms with Crippen molar-refractivity contribution in [1.29, 1.82) is 0 Å². The molecule has 0 unspecified atom stereocenters. The van der Waals surface area contributed by atoms with Gasteiger partial charge < -0.3 is 16.0 Å². The van der Waals surface area contributed by atoms with Crippen LogP contribution in [0.1, 0.15) is 5.82 Å². The van der Waals surface area contributed by atoms with E-state index in [1.807, 2.05) is 18.5 Å². The van der Waals surface area contributed by atoms with E-state index in [0.717, 1.165) is 16.0 Å². The topological polar surface area (TPSA) is 95.6 Å². The molecule has 84 valence electrons. The summed E-state index contributed by atoms with van der Waals surface area (Å²) in [6, 6.07) is 3.54. The molecule has 0 saturated carbocycles. The Morgan fingerprint density at radius 3 is 2.56 bits per heavy atom. The Kier molecular flexibility index (Phi) is 2.69. The molecule has 0 aliphatic rings. The zero-order valence-corrected chi connectivity index (χ0v) is 9.82. The molecule has 0 amide bonds. The molecule has 2 rings (SSSR count). The fourth-order valence-electron chi connectivity index (χ4n) is 1.09. The molecule has 0 saturated heterocycles. The molecule has 6 nitrogen and oxygen atoms in total. The van der Waals surface area contributed by atoms with Crippen LogP contribution in [0.25, 0.3) is 0 Å². The lowest BCUT2D eigenvalue weighted by Gasteiger charge is -2.03. The van der Waals surface area contributed by atoms with E-state index in [2.05, 4.69) is 15.2 Å². The van der Waals surface area contributed by atoms with Gasteiger partial charge in [0.05, 0.1) is 5.69 Å². The number of aryl methyl sites for hydroxylation is 1. The first kappa shape index (κ1) is 10.7. The average Bonchev–Trinajstić information content (AvgIpc) is 2.55. The largest absolute Gasteiger partial charge is 0.396 e. The van der Waals surface area contributed by atoms with Gasteiger partial charge in [-0.05, 0) is 30.8 Å². The zero-order valence-electron chi connectivity index (χ0n) is 9.01. The molecule has 7 heteroatoms. The maximum absolute atomic E-state index is 5.63. The second kappa shape index (κ2) is 4.01. The first-order valence-electron chi connectivity index (χ1n) is 4.64. The summed E-state index contributed by atoms with van der Waals surface area (Å²) in [5.74, 6) is 1.19. The van der Waals surface area contributed by atoms with Gasteiger partial charge in [0.1, 0.15) is 16.7 Å². The van der Waals surface area contributed by atoms with Crippen molar-refractivity contribution in [3.05, 3.63) is 18.0 Å². The molecule has 0 aromatic carbocycles. The number of nitrogens with zero attached hydrogens (tertiary/aromatic N) is 4. The van der Waals surface area contributed by atoms with Crippen LogP contribution in [-0.2, 0) is 7.05 Å². The summed E-state index contributed by atoms with van der Waals surface area (Å²) in [5.41, 5.74) is 11.7. The summed E-state index contributed by atoms with van der Waals surface area (Å²) in [7, 11) is 1.90. The molecule has 0 aliphatic carbocycles. The van der Waals surface area contributed by atoms with Gasteiger partial charge >= 0.3 is 0 Å². The lowest BCUT2D eigenvalue weighted by molar-refractivity contribution is 0.764. The summed E-state index contributed by atoms with van der Waals surface area (Å²) in [5, 5.41) is 9.51. The highest BCUT2D eigenvalue weighted by Gasteiger charge is 2.08. The van der Waals surface area contributed by atoms with Crippen LogP contribution in [0, 0.1) is 6.92 Å². The Bertz CT molecular complexity index is 521. The van der Waals surface area contributed by atoms with Gasteiger partial charge in [0, 0.05) is 7.05 Å². The monoisotopic (exact) mass is 236 g/mol. The zero-order chi connectivity index (χ0) is 11.7. The summed E-state index contributed by atoms with van der Waals surface area (Å²) < 4.78 is 1.89. The van der Waals surface area contributed by atoms with E-state index >= 15 is 0 Å². The molecular weight excluding hydrogens is 224 g/mol. The molecular formula is C9H12N6S. The molecule has 0 bridgehead atoms. The number of aromatic nitrogens is 4. The van der Waals surface area contributed by atoms with E-state index in [9.17, 15) is 0 Å². The Balaban J connectivity index is 2.27. The molecule has 2 heterocycles. The summed E-state index contributed by atoms with van der Waals surface area (Å²) in [6.45, 7) is 1.89. The fourth-order valence-corrected chi connectivity index (χ4v) is 1.91. The van der Waals surface area contributed by atoms with E-state index in [4.69, 9.17) is 11.5 Å². The minimum Gasteiger partial charge on any atom is -0.396 e. The quantitative estimate of drug-likeness (QED) is 0.802.